The fourth-order valence-electron chi connectivity index (χ4n) is 3.83. The highest BCUT2D eigenvalue weighted by atomic mass is 19.3. The summed E-state index contributed by atoms with van der Waals surface area (Å²) in [7, 11) is 2.05. The van der Waals surface area contributed by atoms with E-state index >= 15 is 0 Å². The molecule has 0 atom stereocenters. The summed E-state index contributed by atoms with van der Waals surface area (Å²) in [6.45, 7) is -2.70. The number of aromatic hydroxyl groups is 1. The van der Waals surface area contributed by atoms with Crippen LogP contribution in [-0.4, -0.2) is 38.2 Å². The Morgan fingerprint density at radius 1 is 1.07 bits per heavy atom. The molecule has 0 aliphatic heterocycles. The molecule has 0 radical (unpaired) electrons. The molecule has 2 aromatic heterocycles. The standard InChI is InChI=1S/C21H23F2N5O/c1-27(16-5-3-2-4-6-16)20-10-9-18(25-26-20)17-8-7-14(11-19(17)29)15-12-24-28(13-15)21(22)23/h7-13,16,21,29H,2-6H2,1H3. The first-order valence-electron chi connectivity index (χ1n) is 9.75. The van der Waals surface area contributed by atoms with Crippen molar-refractivity contribution in [3.8, 4) is 28.1 Å². The lowest BCUT2D eigenvalue weighted by Gasteiger charge is -2.31. The Hall–Kier alpha value is -3.03. The highest BCUT2D eigenvalue weighted by molar-refractivity contribution is 5.73. The molecule has 29 heavy (non-hydrogen) atoms. The molecule has 1 fully saturated rings. The van der Waals surface area contributed by atoms with E-state index in [9.17, 15) is 13.9 Å². The van der Waals surface area contributed by atoms with Crippen molar-refractivity contribution in [2.24, 2.45) is 0 Å². The minimum atomic E-state index is -2.70. The molecule has 1 aromatic carbocycles. The second-order valence-electron chi connectivity index (χ2n) is 7.40. The van der Waals surface area contributed by atoms with Crippen molar-refractivity contribution in [1.29, 1.82) is 0 Å². The summed E-state index contributed by atoms with van der Waals surface area (Å²) < 4.78 is 26.0. The Labute approximate surface area is 167 Å². The molecule has 0 unspecified atom stereocenters. The minimum Gasteiger partial charge on any atom is -0.507 e. The predicted octanol–water partition coefficient (Wildman–Crippen LogP) is 4.88. The predicted molar refractivity (Wildman–Crippen MR) is 107 cm³/mol. The van der Waals surface area contributed by atoms with Crippen LogP contribution in [0, 0.1) is 0 Å². The van der Waals surface area contributed by atoms with E-state index in [-0.39, 0.29) is 5.75 Å². The van der Waals surface area contributed by atoms with Gasteiger partial charge in [-0.05, 0) is 42.7 Å². The Morgan fingerprint density at radius 2 is 1.86 bits per heavy atom. The molecule has 1 aliphatic rings. The largest absolute Gasteiger partial charge is 0.507 e. The van der Waals surface area contributed by atoms with Crippen molar-refractivity contribution in [3.63, 3.8) is 0 Å². The topological polar surface area (TPSA) is 67.1 Å². The Bertz CT molecular complexity index is 967. The summed E-state index contributed by atoms with van der Waals surface area (Å²) in [5.74, 6) is 0.825. The average molecular weight is 399 g/mol. The first-order chi connectivity index (χ1) is 14.0. The number of nitrogens with zero attached hydrogens (tertiary/aromatic N) is 5. The van der Waals surface area contributed by atoms with E-state index in [2.05, 4.69) is 20.2 Å². The molecule has 4 rings (SSSR count). The van der Waals surface area contributed by atoms with Gasteiger partial charge in [0.2, 0.25) is 0 Å². The summed E-state index contributed by atoms with van der Waals surface area (Å²) in [4.78, 5) is 2.18. The summed E-state index contributed by atoms with van der Waals surface area (Å²) in [5, 5.41) is 22.7. The number of anilines is 1. The summed E-state index contributed by atoms with van der Waals surface area (Å²) >= 11 is 0. The van der Waals surface area contributed by atoms with Gasteiger partial charge in [-0.15, -0.1) is 10.2 Å². The van der Waals surface area contributed by atoms with E-state index in [0.29, 0.717) is 33.1 Å². The number of aromatic nitrogens is 4. The van der Waals surface area contributed by atoms with Crippen LogP contribution in [0.5, 0.6) is 5.75 Å². The van der Waals surface area contributed by atoms with Crippen LogP contribution in [0.25, 0.3) is 22.4 Å². The van der Waals surface area contributed by atoms with Gasteiger partial charge in [-0.25, -0.2) is 4.68 Å². The number of halogens is 2. The number of rotatable bonds is 5. The van der Waals surface area contributed by atoms with Gasteiger partial charge in [-0.1, -0.05) is 25.3 Å². The van der Waals surface area contributed by atoms with E-state index in [1.807, 2.05) is 19.2 Å². The molecule has 0 bridgehead atoms. The van der Waals surface area contributed by atoms with Crippen molar-refractivity contribution in [1.82, 2.24) is 20.0 Å². The second kappa shape index (κ2) is 8.14. The van der Waals surface area contributed by atoms with Crippen LogP contribution in [-0.2, 0) is 0 Å². The maximum absolute atomic E-state index is 12.7. The molecule has 2 heterocycles. The smallest absolute Gasteiger partial charge is 0.333 e. The third-order valence-electron chi connectivity index (χ3n) is 5.54. The normalized spacial score (nSPS) is 15.0. The molecule has 152 valence electrons. The monoisotopic (exact) mass is 399 g/mol. The van der Waals surface area contributed by atoms with E-state index in [1.54, 1.807) is 12.1 Å². The van der Waals surface area contributed by atoms with Gasteiger partial charge in [-0.3, -0.25) is 0 Å². The zero-order valence-electron chi connectivity index (χ0n) is 16.2. The maximum atomic E-state index is 12.7. The number of phenols is 1. The van der Waals surface area contributed by atoms with Crippen molar-refractivity contribution in [2.75, 3.05) is 11.9 Å². The molecular formula is C21H23F2N5O. The van der Waals surface area contributed by atoms with Gasteiger partial charge < -0.3 is 10.0 Å². The molecule has 0 spiro atoms. The highest BCUT2D eigenvalue weighted by Gasteiger charge is 2.20. The van der Waals surface area contributed by atoms with Crippen LogP contribution < -0.4 is 4.90 Å². The summed E-state index contributed by atoms with van der Waals surface area (Å²) in [6.07, 6.45) is 8.72. The molecule has 0 amide bonds. The van der Waals surface area contributed by atoms with Gasteiger partial charge in [0, 0.05) is 30.4 Å². The third-order valence-corrected chi connectivity index (χ3v) is 5.54. The highest BCUT2D eigenvalue weighted by Crippen LogP contribution is 2.33. The van der Waals surface area contributed by atoms with Gasteiger partial charge in [0.1, 0.15) is 5.75 Å². The van der Waals surface area contributed by atoms with Crippen molar-refractivity contribution < 1.29 is 13.9 Å². The second-order valence-corrected chi connectivity index (χ2v) is 7.40. The fraction of sp³-hybridized carbons (Fsp3) is 0.381. The quantitative estimate of drug-likeness (QED) is 0.663. The molecule has 8 heteroatoms. The molecular weight excluding hydrogens is 376 g/mol. The van der Waals surface area contributed by atoms with Crippen molar-refractivity contribution in [3.05, 3.63) is 42.7 Å². The van der Waals surface area contributed by atoms with Gasteiger partial charge in [0.25, 0.3) is 0 Å². The average Bonchev–Trinajstić information content (AvgIpc) is 3.25. The molecule has 1 aliphatic carbocycles. The first-order valence-corrected chi connectivity index (χ1v) is 9.75. The van der Waals surface area contributed by atoms with Gasteiger partial charge >= 0.3 is 6.55 Å². The Balaban J connectivity index is 1.53. The lowest BCUT2D eigenvalue weighted by molar-refractivity contribution is 0.0566. The lowest BCUT2D eigenvalue weighted by Crippen LogP contribution is -2.34. The molecule has 1 N–H and O–H groups in total. The number of benzene rings is 1. The Morgan fingerprint density at radius 3 is 2.48 bits per heavy atom. The van der Waals surface area contributed by atoms with Crippen LogP contribution in [0.3, 0.4) is 0 Å². The van der Waals surface area contributed by atoms with Crippen molar-refractivity contribution >= 4 is 5.82 Å². The molecule has 0 saturated heterocycles. The van der Waals surface area contributed by atoms with E-state index in [4.69, 9.17) is 0 Å². The van der Waals surface area contributed by atoms with Crippen LogP contribution >= 0.6 is 0 Å². The van der Waals surface area contributed by atoms with Gasteiger partial charge in [-0.2, -0.15) is 13.9 Å². The van der Waals surface area contributed by atoms with Gasteiger partial charge in [0.15, 0.2) is 5.82 Å². The van der Waals surface area contributed by atoms with Crippen LogP contribution in [0.4, 0.5) is 14.6 Å². The molecule has 3 aromatic rings. The number of hydrogen-bond acceptors (Lipinski definition) is 5. The molecule has 6 nitrogen and oxygen atoms in total. The SMILES string of the molecule is CN(c1ccc(-c2ccc(-c3cnn(C(F)F)c3)cc2O)nn1)C1CCCCC1. The van der Waals surface area contributed by atoms with E-state index in [0.717, 1.165) is 5.82 Å². The maximum Gasteiger partial charge on any atom is 0.333 e. The zero-order valence-corrected chi connectivity index (χ0v) is 16.2. The van der Waals surface area contributed by atoms with Gasteiger partial charge in [0.05, 0.1) is 11.9 Å². The zero-order chi connectivity index (χ0) is 20.4. The summed E-state index contributed by atoms with van der Waals surface area (Å²) in [6, 6.07) is 9.21. The third kappa shape index (κ3) is 4.06. The van der Waals surface area contributed by atoms with Crippen molar-refractivity contribution in [2.45, 2.75) is 44.7 Å². The Kier molecular flexibility index (Phi) is 5.42. The first kappa shape index (κ1) is 19.3. The minimum absolute atomic E-state index is 0.00924. The van der Waals surface area contributed by atoms with Crippen LogP contribution in [0.2, 0.25) is 0 Å². The number of alkyl halides is 2. The summed E-state index contributed by atoms with van der Waals surface area (Å²) in [5.41, 5.74) is 2.19. The van der Waals surface area contributed by atoms with E-state index in [1.165, 1.54) is 50.6 Å². The lowest BCUT2D eigenvalue weighted by atomic mass is 9.94. The number of phenolic OH excluding ortho intramolecular Hbond substituents is 1. The van der Waals surface area contributed by atoms with Crippen LogP contribution in [0.1, 0.15) is 38.7 Å². The molecule has 1 saturated carbocycles. The fourth-order valence-corrected chi connectivity index (χ4v) is 3.83. The van der Waals surface area contributed by atoms with E-state index < -0.39 is 6.55 Å². The number of hydrogen-bond donors (Lipinski definition) is 1. The van der Waals surface area contributed by atoms with Crippen LogP contribution in [0.15, 0.2) is 42.7 Å².